The van der Waals surface area contributed by atoms with Crippen molar-refractivity contribution in [3.8, 4) is 0 Å². The number of nitrogens with one attached hydrogen (secondary N) is 1. The molecular formula is C23H17N. The van der Waals surface area contributed by atoms with E-state index in [0.29, 0.717) is 0 Å². The predicted octanol–water partition coefficient (Wildman–Crippen LogP) is 5.66. The highest BCUT2D eigenvalue weighted by Gasteiger charge is 2.23. The molecule has 1 unspecified atom stereocenters. The van der Waals surface area contributed by atoms with E-state index >= 15 is 0 Å². The zero-order valence-corrected chi connectivity index (χ0v) is 13.2. The Hall–Kier alpha value is -3.06. The van der Waals surface area contributed by atoms with Crippen LogP contribution in [0.2, 0.25) is 0 Å². The minimum absolute atomic E-state index is 0.181. The molecule has 1 heteroatoms. The zero-order valence-electron chi connectivity index (χ0n) is 13.2. The quantitative estimate of drug-likeness (QED) is 0.448. The molecule has 24 heavy (non-hydrogen) atoms. The number of benzene rings is 4. The van der Waals surface area contributed by atoms with E-state index in [0.717, 1.165) is 0 Å². The molecule has 1 N–H and O–H groups in total. The van der Waals surface area contributed by atoms with Gasteiger partial charge in [0.25, 0.3) is 0 Å². The van der Waals surface area contributed by atoms with Crippen LogP contribution in [-0.2, 0) is 0 Å². The summed E-state index contributed by atoms with van der Waals surface area (Å²) in [6.07, 6.45) is 4.30. The molecule has 5 rings (SSSR count). The Labute approximate surface area is 141 Å². The third-order valence-electron chi connectivity index (χ3n) is 4.95. The Balaban J connectivity index is 1.94. The molecule has 1 atom stereocenters. The molecule has 4 aromatic rings. The van der Waals surface area contributed by atoms with Gasteiger partial charge in [0, 0.05) is 0 Å². The third-order valence-corrected chi connectivity index (χ3v) is 4.95. The summed E-state index contributed by atoms with van der Waals surface area (Å²) in [7, 11) is 0. The van der Waals surface area contributed by atoms with Crippen LogP contribution < -0.4 is 5.32 Å². The van der Waals surface area contributed by atoms with Crippen LogP contribution in [0.5, 0.6) is 0 Å². The maximum absolute atomic E-state index is 3.57. The van der Waals surface area contributed by atoms with Gasteiger partial charge >= 0.3 is 0 Å². The lowest BCUT2D eigenvalue weighted by Crippen LogP contribution is -2.21. The Morgan fingerprint density at radius 2 is 1.17 bits per heavy atom. The Kier molecular flexibility index (Phi) is 2.92. The first-order chi connectivity index (χ1) is 11.9. The molecule has 0 saturated carbocycles. The van der Waals surface area contributed by atoms with Crippen molar-refractivity contribution in [2.75, 3.05) is 0 Å². The first kappa shape index (κ1) is 13.4. The van der Waals surface area contributed by atoms with Crippen molar-refractivity contribution < 1.29 is 0 Å². The minimum Gasteiger partial charge on any atom is -0.380 e. The second-order valence-electron chi connectivity index (χ2n) is 6.26. The summed E-state index contributed by atoms with van der Waals surface area (Å²) in [4.78, 5) is 0. The van der Waals surface area contributed by atoms with Gasteiger partial charge in [-0.15, -0.1) is 0 Å². The molecule has 1 heterocycles. The van der Waals surface area contributed by atoms with Crippen LogP contribution in [0.3, 0.4) is 0 Å². The van der Waals surface area contributed by atoms with Crippen LogP contribution in [0.25, 0.3) is 27.6 Å². The second-order valence-corrected chi connectivity index (χ2v) is 6.26. The maximum atomic E-state index is 3.57. The van der Waals surface area contributed by atoms with Crippen molar-refractivity contribution in [3.63, 3.8) is 0 Å². The van der Waals surface area contributed by atoms with Gasteiger partial charge in [0.2, 0.25) is 0 Å². The van der Waals surface area contributed by atoms with E-state index in [1.807, 2.05) is 0 Å². The SMILES string of the molecule is C1=Cc2c(c3ccccc3c3ccccc23)C(c2ccccc2)N1. The molecule has 0 amide bonds. The minimum atomic E-state index is 0.181. The van der Waals surface area contributed by atoms with E-state index in [2.05, 4.69) is 96.5 Å². The van der Waals surface area contributed by atoms with Gasteiger partial charge in [-0.05, 0) is 50.5 Å². The van der Waals surface area contributed by atoms with Crippen LogP contribution in [0, 0.1) is 0 Å². The summed E-state index contributed by atoms with van der Waals surface area (Å²) in [6.45, 7) is 0. The van der Waals surface area contributed by atoms with Gasteiger partial charge in [-0.2, -0.15) is 0 Å². The van der Waals surface area contributed by atoms with Crippen LogP contribution in [-0.4, -0.2) is 0 Å². The van der Waals surface area contributed by atoms with Crippen LogP contribution in [0.15, 0.2) is 85.1 Å². The molecule has 4 aromatic carbocycles. The first-order valence-corrected chi connectivity index (χ1v) is 8.34. The lowest BCUT2D eigenvalue weighted by molar-refractivity contribution is 0.728. The van der Waals surface area contributed by atoms with E-state index in [1.165, 1.54) is 38.2 Å². The Morgan fingerprint density at radius 1 is 0.583 bits per heavy atom. The largest absolute Gasteiger partial charge is 0.380 e. The predicted molar refractivity (Wildman–Crippen MR) is 102 cm³/mol. The smallest absolute Gasteiger partial charge is 0.0774 e. The highest BCUT2D eigenvalue weighted by Crippen LogP contribution is 2.40. The fourth-order valence-corrected chi connectivity index (χ4v) is 3.91. The fourth-order valence-electron chi connectivity index (χ4n) is 3.91. The average Bonchev–Trinajstić information content (AvgIpc) is 2.68. The monoisotopic (exact) mass is 307 g/mol. The Bertz CT molecular complexity index is 1080. The second kappa shape index (κ2) is 5.24. The topological polar surface area (TPSA) is 12.0 Å². The van der Waals surface area contributed by atoms with Gasteiger partial charge in [-0.1, -0.05) is 78.9 Å². The molecule has 114 valence electrons. The van der Waals surface area contributed by atoms with E-state index in [4.69, 9.17) is 0 Å². The van der Waals surface area contributed by atoms with Crippen LogP contribution in [0.4, 0.5) is 0 Å². The number of hydrogen-bond acceptors (Lipinski definition) is 1. The van der Waals surface area contributed by atoms with Gasteiger partial charge in [0.1, 0.15) is 0 Å². The maximum Gasteiger partial charge on any atom is 0.0774 e. The summed E-state index contributed by atoms with van der Waals surface area (Å²) in [6, 6.07) is 28.3. The van der Waals surface area contributed by atoms with E-state index in [-0.39, 0.29) is 6.04 Å². The van der Waals surface area contributed by atoms with Crippen molar-refractivity contribution >= 4 is 27.6 Å². The summed E-state index contributed by atoms with van der Waals surface area (Å²) in [5.41, 5.74) is 4.00. The molecule has 0 saturated heterocycles. The van der Waals surface area contributed by atoms with Gasteiger partial charge in [-0.25, -0.2) is 0 Å². The standard InChI is InChI=1S/C23H17N/c1-2-8-16(9-3-1)23-22-20-13-7-6-11-18(20)17-10-4-5-12-19(17)21(22)14-15-24-23/h1-15,23-24H. The van der Waals surface area contributed by atoms with Gasteiger partial charge in [0.05, 0.1) is 6.04 Å². The zero-order chi connectivity index (χ0) is 15.9. The first-order valence-electron chi connectivity index (χ1n) is 8.34. The van der Waals surface area contributed by atoms with Crippen LogP contribution in [0.1, 0.15) is 22.7 Å². The van der Waals surface area contributed by atoms with Crippen molar-refractivity contribution in [1.82, 2.24) is 5.32 Å². The lowest BCUT2D eigenvalue weighted by atomic mass is 9.84. The Morgan fingerprint density at radius 3 is 1.92 bits per heavy atom. The molecule has 0 bridgehead atoms. The normalized spacial score (nSPS) is 16.1. The van der Waals surface area contributed by atoms with Gasteiger partial charge < -0.3 is 5.32 Å². The van der Waals surface area contributed by atoms with Gasteiger partial charge in [0.15, 0.2) is 0 Å². The van der Waals surface area contributed by atoms with E-state index < -0.39 is 0 Å². The van der Waals surface area contributed by atoms with Crippen molar-refractivity contribution in [2.45, 2.75) is 6.04 Å². The molecular weight excluding hydrogens is 290 g/mol. The summed E-state index contributed by atoms with van der Waals surface area (Å²) >= 11 is 0. The summed E-state index contributed by atoms with van der Waals surface area (Å²) < 4.78 is 0. The molecule has 1 nitrogen and oxygen atoms in total. The molecule has 0 fully saturated rings. The molecule has 1 aliphatic rings. The summed E-state index contributed by atoms with van der Waals surface area (Å²) in [5, 5.41) is 8.87. The molecule has 0 aromatic heterocycles. The highest BCUT2D eigenvalue weighted by molar-refractivity contribution is 6.13. The van der Waals surface area contributed by atoms with Gasteiger partial charge in [-0.3, -0.25) is 0 Å². The lowest BCUT2D eigenvalue weighted by Gasteiger charge is -2.27. The molecule has 0 aliphatic carbocycles. The molecule has 0 radical (unpaired) electrons. The van der Waals surface area contributed by atoms with E-state index in [9.17, 15) is 0 Å². The molecule has 0 spiro atoms. The van der Waals surface area contributed by atoms with Crippen LogP contribution >= 0.6 is 0 Å². The number of hydrogen-bond donors (Lipinski definition) is 1. The average molecular weight is 307 g/mol. The van der Waals surface area contributed by atoms with Crippen molar-refractivity contribution in [3.05, 3.63) is 102 Å². The third kappa shape index (κ3) is 1.88. The molecule has 1 aliphatic heterocycles. The van der Waals surface area contributed by atoms with Crippen molar-refractivity contribution in [1.29, 1.82) is 0 Å². The number of fused-ring (bicyclic) bond motifs is 6. The van der Waals surface area contributed by atoms with E-state index in [1.54, 1.807) is 0 Å². The fraction of sp³-hybridized carbons (Fsp3) is 0.0435. The highest BCUT2D eigenvalue weighted by atomic mass is 14.9. The van der Waals surface area contributed by atoms with Crippen molar-refractivity contribution in [2.24, 2.45) is 0 Å². The summed E-state index contributed by atoms with van der Waals surface area (Å²) in [5.74, 6) is 0. The number of rotatable bonds is 1.